The molecule has 1 aromatic carbocycles. The molecule has 1 aliphatic heterocycles. The fourth-order valence-electron chi connectivity index (χ4n) is 3.02. The predicted octanol–water partition coefficient (Wildman–Crippen LogP) is 0.611. The number of rotatable bonds is 5. The quantitative estimate of drug-likeness (QED) is 0.841. The standard InChI is InChI=1S/C18H19N3O5/c1-26-13-9-15(18(24)25)20(10-13)17(23)11-21-16(22)8-7-14(19-21)12-5-3-2-4-6-12/h2-8,13,15H,9-11H2,1H3,(H,24,25). The third-order valence-corrected chi connectivity index (χ3v) is 4.42. The van der Waals surface area contributed by atoms with Crippen LogP contribution in [0.15, 0.2) is 47.3 Å². The monoisotopic (exact) mass is 357 g/mol. The van der Waals surface area contributed by atoms with Gasteiger partial charge in [0.1, 0.15) is 12.6 Å². The fraction of sp³-hybridized carbons (Fsp3) is 0.333. The summed E-state index contributed by atoms with van der Waals surface area (Å²) >= 11 is 0. The minimum absolute atomic E-state index is 0.180. The Morgan fingerprint density at radius 3 is 2.62 bits per heavy atom. The lowest BCUT2D eigenvalue weighted by Gasteiger charge is -2.21. The number of carboxylic acid groups (broad SMARTS) is 1. The Morgan fingerprint density at radius 1 is 1.23 bits per heavy atom. The second-order valence-corrected chi connectivity index (χ2v) is 6.07. The van der Waals surface area contributed by atoms with Crippen LogP contribution < -0.4 is 5.56 Å². The van der Waals surface area contributed by atoms with E-state index >= 15 is 0 Å². The first-order valence-corrected chi connectivity index (χ1v) is 8.18. The number of hydrogen-bond acceptors (Lipinski definition) is 5. The molecule has 0 aliphatic carbocycles. The number of carboxylic acids is 1. The fourth-order valence-corrected chi connectivity index (χ4v) is 3.02. The Bertz CT molecular complexity index is 865. The van der Waals surface area contributed by atoms with Crippen LogP contribution in [0.3, 0.4) is 0 Å². The van der Waals surface area contributed by atoms with Crippen LogP contribution in [-0.2, 0) is 20.9 Å². The summed E-state index contributed by atoms with van der Waals surface area (Å²) < 4.78 is 6.24. The number of nitrogens with zero attached hydrogens (tertiary/aromatic N) is 3. The summed E-state index contributed by atoms with van der Waals surface area (Å²) in [6.45, 7) is -0.140. The van der Waals surface area contributed by atoms with E-state index in [1.165, 1.54) is 18.1 Å². The summed E-state index contributed by atoms with van der Waals surface area (Å²) in [5.74, 6) is -1.56. The SMILES string of the molecule is COC1CC(C(=O)O)N(C(=O)Cn2nc(-c3ccccc3)ccc2=O)C1. The number of ether oxygens (including phenoxy) is 1. The average molecular weight is 357 g/mol. The molecular formula is C18H19N3O5. The van der Waals surface area contributed by atoms with Gasteiger partial charge < -0.3 is 14.7 Å². The number of aromatic nitrogens is 2. The zero-order chi connectivity index (χ0) is 18.7. The minimum atomic E-state index is -1.09. The normalized spacial score (nSPS) is 19.5. The molecule has 8 heteroatoms. The van der Waals surface area contributed by atoms with E-state index in [1.807, 2.05) is 30.3 Å². The first kappa shape index (κ1) is 17.8. The number of carbonyl (C=O) groups excluding carboxylic acids is 1. The second-order valence-electron chi connectivity index (χ2n) is 6.07. The van der Waals surface area contributed by atoms with Crippen molar-refractivity contribution in [2.75, 3.05) is 13.7 Å². The smallest absolute Gasteiger partial charge is 0.326 e. The van der Waals surface area contributed by atoms with Crippen molar-refractivity contribution in [2.45, 2.75) is 25.1 Å². The molecule has 136 valence electrons. The van der Waals surface area contributed by atoms with E-state index in [0.29, 0.717) is 5.69 Å². The first-order chi connectivity index (χ1) is 12.5. The number of carbonyl (C=O) groups is 2. The molecule has 2 aromatic rings. The zero-order valence-electron chi connectivity index (χ0n) is 14.2. The van der Waals surface area contributed by atoms with Crippen LogP contribution in [0.4, 0.5) is 0 Å². The van der Waals surface area contributed by atoms with Crippen molar-refractivity contribution >= 4 is 11.9 Å². The van der Waals surface area contributed by atoms with E-state index < -0.39 is 23.5 Å². The van der Waals surface area contributed by atoms with Crippen molar-refractivity contribution in [3.63, 3.8) is 0 Å². The molecular weight excluding hydrogens is 338 g/mol. The maximum Gasteiger partial charge on any atom is 0.326 e. The molecule has 1 aliphatic rings. The van der Waals surface area contributed by atoms with Crippen LogP contribution in [0.25, 0.3) is 11.3 Å². The highest BCUT2D eigenvalue weighted by molar-refractivity contribution is 5.84. The van der Waals surface area contributed by atoms with E-state index in [2.05, 4.69) is 5.10 Å². The summed E-state index contributed by atoms with van der Waals surface area (Å²) in [4.78, 5) is 37.3. The van der Waals surface area contributed by atoms with Gasteiger partial charge in [0.2, 0.25) is 5.91 Å². The van der Waals surface area contributed by atoms with Gasteiger partial charge in [-0.25, -0.2) is 9.48 Å². The molecule has 2 atom stereocenters. The van der Waals surface area contributed by atoms with Crippen molar-refractivity contribution in [1.29, 1.82) is 0 Å². The van der Waals surface area contributed by atoms with Crippen molar-refractivity contribution in [1.82, 2.24) is 14.7 Å². The molecule has 0 saturated carbocycles. The van der Waals surface area contributed by atoms with Gasteiger partial charge in [-0.05, 0) is 6.07 Å². The van der Waals surface area contributed by atoms with E-state index in [0.717, 1.165) is 10.2 Å². The summed E-state index contributed by atoms with van der Waals surface area (Å²) in [6, 6.07) is 11.3. The Morgan fingerprint density at radius 2 is 1.96 bits per heavy atom. The predicted molar refractivity (Wildman–Crippen MR) is 92.5 cm³/mol. The third kappa shape index (κ3) is 3.65. The van der Waals surface area contributed by atoms with Gasteiger partial charge in [0, 0.05) is 31.7 Å². The number of hydrogen-bond donors (Lipinski definition) is 1. The van der Waals surface area contributed by atoms with E-state index in [-0.39, 0.29) is 25.6 Å². The van der Waals surface area contributed by atoms with E-state index in [4.69, 9.17) is 4.74 Å². The lowest BCUT2D eigenvalue weighted by atomic mass is 10.1. The molecule has 1 aromatic heterocycles. The van der Waals surface area contributed by atoms with Crippen molar-refractivity contribution < 1.29 is 19.4 Å². The minimum Gasteiger partial charge on any atom is -0.480 e. The summed E-state index contributed by atoms with van der Waals surface area (Å²) in [5, 5.41) is 13.6. The Balaban J connectivity index is 1.83. The first-order valence-electron chi connectivity index (χ1n) is 8.18. The van der Waals surface area contributed by atoms with Gasteiger partial charge in [0.05, 0.1) is 11.8 Å². The number of benzene rings is 1. The highest BCUT2D eigenvalue weighted by atomic mass is 16.5. The molecule has 26 heavy (non-hydrogen) atoms. The van der Waals surface area contributed by atoms with Gasteiger partial charge in [-0.1, -0.05) is 30.3 Å². The molecule has 1 fully saturated rings. The lowest BCUT2D eigenvalue weighted by Crippen LogP contribution is -2.43. The van der Waals surface area contributed by atoms with Gasteiger partial charge in [-0.3, -0.25) is 9.59 Å². The Hall–Kier alpha value is -3.00. The maximum absolute atomic E-state index is 12.6. The zero-order valence-corrected chi connectivity index (χ0v) is 14.2. The molecule has 1 saturated heterocycles. The van der Waals surface area contributed by atoms with Crippen LogP contribution in [0, 0.1) is 0 Å². The molecule has 0 bridgehead atoms. The number of likely N-dealkylation sites (tertiary alicyclic amines) is 1. The maximum atomic E-state index is 12.6. The molecule has 3 rings (SSSR count). The van der Waals surface area contributed by atoms with Crippen molar-refractivity contribution in [3.8, 4) is 11.3 Å². The van der Waals surface area contributed by atoms with E-state index in [1.54, 1.807) is 6.07 Å². The van der Waals surface area contributed by atoms with Crippen LogP contribution in [0.2, 0.25) is 0 Å². The van der Waals surface area contributed by atoms with Gasteiger partial charge >= 0.3 is 5.97 Å². The van der Waals surface area contributed by atoms with Crippen molar-refractivity contribution in [3.05, 3.63) is 52.8 Å². The Kier molecular flexibility index (Phi) is 5.13. The van der Waals surface area contributed by atoms with Gasteiger partial charge in [0.25, 0.3) is 5.56 Å². The van der Waals surface area contributed by atoms with Gasteiger partial charge in [-0.15, -0.1) is 0 Å². The molecule has 2 unspecified atom stereocenters. The lowest BCUT2D eigenvalue weighted by molar-refractivity contribution is -0.148. The molecule has 2 heterocycles. The average Bonchev–Trinajstić information content (AvgIpc) is 3.09. The Labute approximate surface area is 149 Å². The van der Waals surface area contributed by atoms with Crippen LogP contribution in [0.1, 0.15) is 6.42 Å². The summed E-state index contributed by atoms with van der Waals surface area (Å²) in [5.41, 5.74) is 0.953. The summed E-state index contributed by atoms with van der Waals surface area (Å²) in [6.07, 6.45) is -0.107. The summed E-state index contributed by atoms with van der Waals surface area (Å²) in [7, 11) is 1.48. The van der Waals surface area contributed by atoms with Crippen LogP contribution >= 0.6 is 0 Å². The molecule has 8 nitrogen and oxygen atoms in total. The number of methoxy groups -OCH3 is 1. The number of amides is 1. The molecule has 1 N–H and O–H groups in total. The van der Waals surface area contributed by atoms with Gasteiger partial charge in [0.15, 0.2) is 0 Å². The third-order valence-electron chi connectivity index (χ3n) is 4.42. The highest BCUT2D eigenvalue weighted by Gasteiger charge is 2.39. The van der Waals surface area contributed by atoms with Crippen molar-refractivity contribution in [2.24, 2.45) is 0 Å². The molecule has 1 amide bonds. The molecule has 0 radical (unpaired) electrons. The topological polar surface area (TPSA) is 102 Å². The largest absolute Gasteiger partial charge is 0.480 e. The number of aliphatic carboxylic acids is 1. The van der Waals surface area contributed by atoms with Crippen LogP contribution in [0.5, 0.6) is 0 Å². The highest BCUT2D eigenvalue weighted by Crippen LogP contribution is 2.21. The van der Waals surface area contributed by atoms with Gasteiger partial charge in [-0.2, -0.15) is 5.10 Å². The molecule has 0 spiro atoms. The van der Waals surface area contributed by atoms with Crippen LogP contribution in [-0.4, -0.2) is 57.5 Å². The van der Waals surface area contributed by atoms with E-state index in [9.17, 15) is 19.5 Å². The second kappa shape index (κ2) is 7.49.